The van der Waals surface area contributed by atoms with Crippen LogP contribution < -0.4 is 0 Å². The third-order valence-corrected chi connectivity index (χ3v) is 7.41. The molecule has 0 saturated heterocycles. The molecule has 0 aromatic rings. The minimum absolute atomic E-state index is 0.000286. The maximum atomic E-state index is 11.7. The number of fused-ring (bicyclic) bond motifs is 1. The standard InChI is InChI=1S/C20H30O5/c1-19-8-2-9-20(12-22,13-23)17(19)6-4-15(11-21)16(19)5-3-14-7-10-25-18(14)24/h7,11,15-17,22-23H,2-6,8-10,12-13H2,1H3. The molecule has 4 atom stereocenters. The Morgan fingerprint density at radius 1 is 1.28 bits per heavy atom. The van der Waals surface area contributed by atoms with Crippen LogP contribution in [0, 0.1) is 28.6 Å². The van der Waals surface area contributed by atoms with Crippen LogP contribution in [-0.2, 0) is 14.3 Å². The first kappa shape index (κ1) is 18.6. The Morgan fingerprint density at radius 3 is 2.64 bits per heavy atom. The fourth-order valence-electron chi connectivity index (χ4n) is 6.04. The molecule has 5 nitrogen and oxygen atoms in total. The van der Waals surface area contributed by atoms with Gasteiger partial charge in [-0.05, 0) is 61.9 Å². The maximum absolute atomic E-state index is 11.7. The zero-order valence-corrected chi connectivity index (χ0v) is 15.1. The molecule has 2 fully saturated rings. The Balaban J connectivity index is 1.85. The first-order chi connectivity index (χ1) is 12.0. The molecule has 2 N–H and O–H groups in total. The number of ether oxygens (including phenoxy) is 1. The highest BCUT2D eigenvalue weighted by Crippen LogP contribution is 2.61. The molecule has 0 spiro atoms. The maximum Gasteiger partial charge on any atom is 0.334 e. The third-order valence-electron chi connectivity index (χ3n) is 7.41. The molecule has 5 heteroatoms. The van der Waals surface area contributed by atoms with Crippen molar-refractivity contribution < 1.29 is 24.5 Å². The first-order valence-electron chi connectivity index (χ1n) is 9.54. The molecule has 3 aliphatic rings. The highest BCUT2D eigenvalue weighted by atomic mass is 16.5. The number of hydrogen-bond acceptors (Lipinski definition) is 5. The predicted molar refractivity (Wildman–Crippen MR) is 92.6 cm³/mol. The van der Waals surface area contributed by atoms with Crippen LogP contribution in [0.1, 0.15) is 51.9 Å². The summed E-state index contributed by atoms with van der Waals surface area (Å²) in [4.78, 5) is 23.5. The lowest BCUT2D eigenvalue weighted by Gasteiger charge is -2.59. The second kappa shape index (κ2) is 7.20. The lowest BCUT2D eigenvalue weighted by molar-refractivity contribution is -0.151. The van der Waals surface area contributed by atoms with E-state index in [1.54, 1.807) is 0 Å². The van der Waals surface area contributed by atoms with E-state index >= 15 is 0 Å². The summed E-state index contributed by atoms with van der Waals surface area (Å²) in [5.74, 6) is 0.154. The van der Waals surface area contributed by atoms with E-state index in [-0.39, 0.29) is 42.4 Å². The largest absolute Gasteiger partial charge is 0.458 e. The quantitative estimate of drug-likeness (QED) is 0.567. The molecule has 0 bridgehead atoms. The molecular weight excluding hydrogens is 320 g/mol. The molecule has 4 unspecified atom stereocenters. The number of cyclic esters (lactones) is 1. The summed E-state index contributed by atoms with van der Waals surface area (Å²) in [5, 5.41) is 20.1. The average Bonchev–Trinajstić information content (AvgIpc) is 3.03. The van der Waals surface area contributed by atoms with Gasteiger partial charge in [-0.15, -0.1) is 0 Å². The second-order valence-corrected chi connectivity index (χ2v) is 8.44. The van der Waals surface area contributed by atoms with Crippen molar-refractivity contribution in [3.05, 3.63) is 11.6 Å². The molecule has 1 aliphatic heterocycles. The molecule has 25 heavy (non-hydrogen) atoms. The SMILES string of the molecule is CC12CCCC(CO)(CO)C1CCC(C=O)C2CCC1=CCOC1=O. The van der Waals surface area contributed by atoms with Gasteiger partial charge in [-0.2, -0.15) is 0 Å². The lowest BCUT2D eigenvalue weighted by atomic mass is 9.45. The number of aliphatic hydroxyl groups is 2. The Kier molecular flexibility index (Phi) is 5.35. The van der Waals surface area contributed by atoms with Crippen molar-refractivity contribution in [2.24, 2.45) is 28.6 Å². The van der Waals surface area contributed by atoms with Crippen molar-refractivity contribution in [2.45, 2.75) is 51.9 Å². The number of carbonyl (C=O) groups is 2. The Morgan fingerprint density at radius 2 is 2.04 bits per heavy atom. The molecular formula is C20H30O5. The molecule has 0 amide bonds. The minimum atomic E-state index is -0.440. The summed E-state index contributed by atoms with van der Waals surface area (Å²) in [5.41, 5.74) is 0.197. The number of aliphatic hydroxyl groups excluding tert-OH is 2. The zero-order chi connectivity index (χ0) is 18.1. The highest BCUT2D eigenvalue weighted by molar-refractivity contribution is 5.90. The van der Waals surface area contributed by atoms with E-state index in [0.717, 1.165) is 50.4 Å². The van der Waals surface area contributed by atoms with Crippen LogP contribution >= 0.6 is 0 Å². The second-order valence-electron chi connectivity index (χ2n) is 8.44. The zero-order valence-electron chi connectivity index (χ0n) is 15.1. The summed E-state index contributed by atoms with van der Waals surface area (Å²) in [6, 6.07) is 0. The van der Waals surface area contributed by atoms with Gasteiger partial charge in [0.1, 0.15) is 12.9 Å². The van der Waals surface area contributed by atoms with Gasteiger partial charge in [0, 0.05) is 16.9 Å². The summed E-state index contributed by atoms with van der Waals surface area (Å²) >= 11 is 0. The topological polar surface area (TPSA) is 83.8 Å². The predicted octanol–water partition coefficient (Wildman–Crippen LogP) is 2.25. The van der Waals surface area contributed by atoms with Crippen molar-refractivity contribution in [1.82, 2.24) is 0 Å². The number of rotatable bonds is 6. The van der Waals surface area contributed by atoms with Gasteiger partial charge < -0.3 is 19.7 Å². The van der Waals surface area contributed by atoms with Crippen LogP contribution in [0.4, 0.5) is 0 Å². The summed E-state index contributed by atoms with van der Waals surface area (Å²) in [6.07, 6.45) is 8.85. The average molecular weight is 350 g/mol. The lowest BCUT2D eigenvalue weighted by Crippen LogP contribution is -2.56. The number of hydrogen-bond donors (Lipinski definition) is 2. The first-order valence-corrected chi connectivity index (χ1v) is 9.54. The number of aldehydes is 1. The van der Waals surface area contributed by atoms with Crippen molar-refractivity contribution in [3.8, 4) is 0 Å². The van der Waals surface area contributed by atoms with Crippen LogP contribution in [-0.4, -0.2) is 42.3 Å². The minimum Gasteiger partial charge on any atom is -0.458 e. The molecule has 0 aromatic heterocycles. The molecule has 0 radical (unpaired) electrons. The van der Waals surface area contributed by atoms with E-state index in [0.29, 0.717) is 13.0 Å². The van der Waals surface area contributed by atoms with Crippen molar-refractivity contribution in [1.29, 1.82) is 0 Å². The number of esters is 1. The van der Waals surface area contributed by atoms with Crippen molar-refractivity contribution in [2.75, 3.05) is 19.8 Å². The molecule has 3 rings (SSSR count). The molecule has 140 valence electrons. The van der Waals surface area contributed by atoms with Crippen LogP contribution in [0.15, 0.2) is 11.6 Å². The van der Waals surface area contributed by atoms with Gasteiger partial charge in [-0.1, -0.05) is 13.3 Å². The van der Waals surface area contributed by atoms with Crippen LogP contribution in [0.3, 0.4) is 0 Å². The molecule has 1 heterocycles. The normalized spacial score (nSPS) is 37.2. The Bertz CT molecular complexity index is 550. The Labute approximate surface area is 149 Å². The van der Waals surface area contributed by atoms with Gasteiger partial charge in [-0.25, -0.2) is 4.79 Å². The Hall–Kier alpha value is -1.20. The van der Waals surface area contributed by atoms with Gasteiger partial charge in [-0.3, -0.25) is 0 Å². The summed E-state index contributed by atoms with van der Waals surface area (Å²) < 4.78 is 4.99. The van der Waals surface area contributed by atoms with E-state index < -0.39 is 5.41 Å². The van der Waals surface area contributed by atoms with E-state index in [9.17, 15) is 19.8 Å². The van der Waals surface area contributed by atoms with Gasteiger partial charge >= 0.3 is 5.97 Å². The number of carbonyl (C=O) groups excluding carboxylic acids is 2. The van der Waals surface area contributed by atoms with E-state index in [1.165, 1.54) is 0 Å². The summed E-state index contributed by atoms with van der Waals surface area (Å²) in [7, 11) is 0. The fraction of sp³-hybridized carbons (Fsp3) is 0.800. The fourth-order valence-corrected chi connectivity index (χ4v) is 6.04. The van der Waals surface area contributed by atoms with Crippen molar-refractivity contribution in [3.63, 3.8) is 0 Å². The van der Waals surface area contributed by atoms with Gasteiger partial charge in [0.25, 0.3) is 0 Å². The third kappa shape index (κ3) is 3.06. The van der Waals surface area contributed by atoms with E-state index in [4.69, 9.17) is 4.74 Å². The van der Waals surface area contributed by atoms with Gasteiger partial charge in [0.15, 0.2) is 0 Å². The molecule has 2 aliphatic carbocycles. The monoisotopic (exact) mass is 350 g/mol. The van der Waals surface area contributed by atoms with Crippen LogP contribution in [0.25, 0.3) is 0 Å². The highest BCUT2D eigenvalue weighted by Gasteiger charge is 2.57. The smallest absolute Gasteiger partial charge is 0.334 e. The van der Waals surface area contributed by atoms with E-state index in [2.05, 4.69) is 6.92 Å². The van der Waals surface area contributed by atoms with Crippen LogP contribution in [0.2, 0.25) is 0 Å². The van der Waals surface area contributed by atoms with Gasteiger partial charge in [0.2, 0.25) is 0 Å². The van der Waals surface area contributed by atoms with Crippen molar-refractivity contribution >= 4 is 12.3 Å². The van der Waals surface area contributed by atoms with Crippen LogP contribution in [0.5, 0.6) is 0 Å². The molecule has 0 aromatic carbocycles. The van der Waals surface area contributed by atoms with Gasteiger partial charge in [0.05, 0.1) is 13.2 Å². The molecule has 2 saturated carbocycles. The van der Waals surface area contributed by atoms with E-state index in [1.807, 2.05) is 6.08 Å². The summed E-state index contributed by atoms with van der Waals surface area (Å²) in [6.45, 7) is 2.59.